The van der Waals surface area contributed by atoms with Gasteiger partial charge in [-0.2, -0.15) is 0 Å². The number of benzene rings is 1. The van der Waals surface area contributed by atoms with Gasteiger partial charge in [-0.1, -0.05) is 12.5 Å². The second kappa shape index (κ2) is 7.31. The van der Waals surface area contributed by atoms with E-state index in [-0.39, 0.29) is 18.2 Å². The number of phenolic OH excluding ortho intramolecular Hbond substituents is 1. The van der Waals surface area contributed by atoms with Crippen LogP contribution < -0.4 is 4.74 Å². The molecule has 1 aromatic rings. The predicted molar refractivity (Wildman–Crippen MR) is 79.6 cm³/mol. The molecule has 5 nitrogen and oxygen atoms in total. The average molecular weight is 293 g/mol. The highest BCUT2D eigenvalue weighted by Crippen LogP contribution is 2.29. The molecule has 0 spiro atoms. The standard InChI is InChI=1S/C16H23NO4/c1-2-21-15-9-12(6-7-14(15)18)11-17-8-4-3-5-13(17)10-16(19)20/h6-7,9,13,18H,2-5,8,10-11H2,1H3,(H,19,20). The summed E-state index contributed by atoms with van der Waals surface area (Å²) in [6.45, 7) is 3.99. The van der Waals surface area contributed by atoms with Crippen LogP contribution in [0.25, 0.3) is 0 Å². The Morgan fingerprint density at radius 1 is 1.43 bits per heavy atom. The van der Waals surface area contributed by atoms with E-state index in [1.165, 1.54) is 0 Å². The van der Waals surface area contributed by atoms with Crippen LogP contribution in [0.3, 0.4) is 0 Å². The normalized spacial score (nSPS) is 19.4. The van der Waals surface area contributed by atoms with Crippen molar-refractivity contribution >= 4 is 5.97 Å². The molecule has 1 saturated heterocycles. The van der Waals surface area contributed by atoms with E-state index in [1.54, 1.807) is 6.07 Å². The summed E-state index contributed by atoms with van der Waals surface area (Å²) >= 11 is 0. The summed E-state index contributed by atoms with van der Waals surface area (Å²) in [5.74, 6) is -0.115. The zero-order valence-electron chi connectivity index (χ0n) is 12.4. The molecule has 1 aromatic carbocycles. The highest BCUT2D eigenvalue weighted by molar-refractivity contribution is 5.67. The Morgan fingerprint density at radius 2 is 2.24 bits per heavy atom. The van der Waals surface area contributed by atoms with Crippen LogP contribution in [0.4, 0.5) is 0 Å². The fraction of sp³-hybridized carbons (Fsp3) is 0.562. The molecule has 0 aromatic heterocycles. The van der Waals surface area contributed by atoms with Gasteiger partial charge in [0, 0.05) is 12.6 Å². The Morgan fingerprint density at radius 3 is 2.95 bits per heavy atom. The SMILES string of the molecule is CCOc1cc(CN2CCCCC2CC(=O)O)ccc1O. The van der Waals surface area contributed by atoms with Gasteiger partial charge >= 0.3 is 5.97 Å². The Labute approximate surface area is 125 Å². The zero-order valence-corrected chi connectivity index (χ0v) is 12.4. The van der Waals surface area contributed by atoms with E-state index in [0.29, 0.717) is 18.9 Å². The molecule has 0 bridgehead atoms. The van der Waals surface area contributed by atoms with E-state index in [2.05, 4.69) is 4.90 Å². The number of carbonyl (C=O) groups is 1. The van der Waals surface area contributed by atoms with Crippen molar-refractivity contribution < 1.29 is 19.7 Å². The Bertz CT molecular complexity index is 489. The Balaban J connectivity index is 2.07. The first-order chi connectivity index (χ1) is 10.1. The second-order valence-electron chi connectivity index (χ2n) is 5.45. The van der Waals surface area contributed by atoms with Crippen molar-refractivity contribution in [3.8, 4) is 11.5 Å². The Hall–Kier alpha value is -1.75. The third kappa shape index (κ3) is 4.36. The highest BCUT2D eigenvalue weighted by atomic mass is 16.5. The van der Waals surface area contributed by atoms with Gasteiger partial charge in [-0.3, -0.25) is 9.69 Å². The molecule has 0 saturated carbocycles. The molecule has 0 radical (unpaired) electrons. The third-order valence-corrected chi connectivity index (χ3v) is 3.87. The van der Waals surface area contributed by atoms with Crippen LogP contribution in [0, 0.1) is 0 Å². The monoisotopic (exact) mass is 293 g/mol. The smallest absolute Gasteiger partial charge is 0.304 e. The lowest BCUT2D eigenvalue weighted by molar-refractivity contribution is -0.138. The lowest BCUT2D eigenvalue weighted by Gasteiger charge is -2.35. The van der Waals surface area contributed by atoms with Crippen LogP contribution in [0.1, 0.15) is 38.2 Å². The maximum Gasteiger partial charge on any atom is 0.304 e. The van der Waals surface area contributed by atoms with E-state index in [9.17, 15) is 9.90 Å². The van der Waals surface area contributed by atoms with Crippen LogP contribution in [0.2, 0.25) is 0 Å². The van der Waals surface area contributed by atoms with Crippen LogP contribution in [-0.2, 0) is 11.3 Å². The topological polar surface area (TPSA) is 70.0 Å². The summed E-state index contributed by atoms with van der Waals surface area (Å²) in [5, 5.41) is 18.7. The van der Waals surface area contributed by atoms with Gasteiger partial charge in [0.25, 0.3) is 0 Å². The fourth-order valence-corrected chi connectivity index (χ4v) is 2.86. The molecule has 1 atom stereocenters. The molecule has 1 unspecified atom stereocenters. The molecule has 1 aliphatic heterocycles. The average Bonchev–Trinajstić information content (AvgIpc) is 2.44. The first-order valence-corrected chi connectivity index (χ1v) is 7.50. The summed E-state index contributed by atoms with van der Waals surface area (Å²) in [6.07, 6.45) is 3.32. The van der Waals surface area contributed by atoms with Gasteiger partial charge < -0.3 is 14.9 Å². The van der Waals surface area contributed by atoms with Crippen LogP contribution in [0.5, 0.6) is 11.5 Å². The van der Waals surface area contributed by atoms with E-state index < -0.39 is 5.97 Å². The Kier molecular flexibility index (Phi) is 5.44. The predicted octanol–water partition coefficient (Wildman–Crippen LogP) is 2.62. The minimum Gasteiger partial charge on any atom is -0.504 e. The van der Waals surface area contributed by atoms with Gasteiger partial charge in [0.1, 0.15) is 0 Å². The molecular formula is C16H23NO4. The maximum absolute atomic E-state index is 11.0. The fourth-order valence-electron chi connectivity index (χ4n) is 2.86. The van der Waals surface area contributed by atoms with Gasteiger partial charge in [0.15, 0.2) is 11.5 Å². The van der Waals surface area contributed by atoms with Crippen LogP contribution in [0.15, 0.2) is 18.2 Å². The number of rotatable bonds is 6. The molecular weight excluding hydrogens is 270 g/mol. The maximum atomic E-state index is 11.0. The largest absolute Gasteiger partial charge is 0.504 e. The number of nitrogens with zero attached hydrogens (tertiary/aromatic N) is 1. The summed E-state index contributed by atoms with van der Waals surface area (Å²) in [4.78, 5) is 13.2. The minimum absolute atomic E-state index is 0.0978. The summed E-state index contributed by atoms with van der Waals surface area (Å²) in [6, 6.07) is 5.44. The molecule has 2 rings (SSSR count). The molecule has 1 aliphatic rings. The lowest BCUT2D eigenvalue weighted by Crippen LogP contribution is -2.40. The number of piperidine rings is 1. The summed E-state index contributed by atoms with van der Waals surface area (Å²) < 4.78 is 5.40. The molecule has 116 valence electrons. The number of aromatic hydroxyl groups is 1. The van der Waals surface area contributed by atoms with E-state index >= 15 is 0 Å². The van der Waals surface area contributed by atoms with Crippen molar-refractivity contribution in [2.75, 3.05) is 13.2 Å². The number of carboxylic acids is 1. The van der Waals surface area contributed by atoms with Crippen LogP contribution in [-0.4, -0.2) is 40.3 Å². The molecule has 21 heavy (non-hydrogen) atoms. The van der Waals surface area contributed by atoms with Gasteiger partial charge in [-0.25, -0.2) is 0 Å². The van der Waals surface area contributed by atoms with Crippen molar-refractivity contribution in [3.05, 3.63) is 23.8 Å². The van der Waals surface area contributed by atoms with E-state index in [1.807, 2.05) is 19.1 Å². The molecule has 2 N–H and O–H groups in total. The van der Waals surface area contributed by atoms with Crippen molar-refractivity contribution in [3.63, 3.8) is 0 Å². The number of ether oxygens (including phenoxy) is 1. The molecule has 1 heterocycles. The van der Waals surface area contributed by atoms with Crippen molar-refractivity contribution in [1.29, 1.82) is 0 Å². The first-order valence-electron chi connectivity index (χ1n) is 7.50. The number of likely N-dealkylation sites (tertiary alicyclic amines) is 1. The quantitative estimate of drug-likeness (QED) is 0.843. The van der Waals surface area contributed by atoms with E-state index in [4.69, 9.17) is 9.84 Å². The highest BCUT2D eigenvalue weighted by Gasteiger charge is 2.24. The van der Waals surface area contributed by atoms with Gasteiger partial charge in [-0.05, 0) is 44.0 Å². The number of carboxylic acid groups (broad SMARTS) is 1. The summed E-state index contributed by atoms with van der Waals surface area (Å²) in [5.41, 5.74) is 1.04. The third-order valence-electron chi connectivity index (χ3n) is 3.87. The zero-order chi connectivity index (χ0) is 15.2. The van der Waals surface area contributed by atoms with Crippen molar-refractivity contribution in [2.45, 2.75) is 45.2 Å². The molecule has 0 aliphatic carbocycles. The van der Waals surface area contributed by atoms with Crippen LogP contribution >= 0.6 is 0 Å². The van der Waals surface area contributed by atoms with Gasteiger partial charge in [-0.15, -0.1) is 0 Å². The van der Waals surface area contributed by atoms with Crippen molar-refractivity contribution in [1.82, 2.24) is 4.90 Å². The number of hydrogen-bond donors (Lipinski definition) is 2. The molecule has 5 heteroatoms. The number of hydrogen-bond acceptors (Lipinski definition) is 4. The second-order valence-corrected chi connectivity index (χ2v) is 5.45. The minimum atomic E-state index is -0.743. The van der Waals surface area contributed by atoms with Gasteiger partial charge in [0.2, 0.25) is 0 Å². The van der Waals surface area contributed by atoms with Crippen molar-refractivity contribution in [2.24, 2.45) is 0 Å². The van der Waals surface area contributed by atoms with E-state index in [0.717, 1.165) is 31.4 Å². The lowest BCUT2D eigenvalue weighted by atomic mass is 9.98. The first kappa shape index (κ1) is 15.6. The number of phenols is 1. The molecule has 1 fully saturated rings. The summed E-state index contributed by atoms with van der Waals surface area (Å²) in [7, 11) is 0. The van der Waals surface area contributed by atoms with Gasteiger partial charge in [0.05, 0.1) is 13.0 Å². The molecule has 0 amide bonds. The number of aliphatic carboxylic acids is 1.